The van der Waals surface area contributed by atoms with Gasteiger partial charge in [0.05, 0.1) is 18.2 Å². The zero-order chi connectivity index (χ0) is 30.5. The predicted molar refractivity (Wildman–Crippen MR) is 159 cm³/mol. The average Bonchev–Trinajstić information content (AvgIpc) is 3.00. The van der Waals surface area contributed by atoms with Crippen LogP contribution in [0.5, 0.6) is 11.5 Å². The van der Waals surface area contributed by atoms with Gasteiger partial charge in [-0.2, -0.15) is 0 Å². The predicted octanol–water partition coefficient (Wildman–Crippen LogP) is 4.98. The SMILES string of the molecule is CCOC(=O)C1=C(CN2CCN(C(=O)c3ccc(F)cc3)C(C)C2)N(C)C(=O)NC1c1cccc(Oc2ccccc2)c1. The minimum atomic E-state index is -0.754. The standard InChI is InChI=1S/C33H35FN4O5/c1-4-42-32(40)29-28(21-37-17-18-38(22(2)20-37)31(39)23-13-15-25(34)16-14-23)36(3)33(41)35-30(29)24-9-8-12-27(19-24)43-26-10-6-5-7-11-26/h5-16,19,22,30H,4,17-18,20-21H2,1-3H3,(H,35,41). The summed E-state index contributed by atoms with van der Waals surface area (Å²) in [5, 5.41) is 2.96. The number of hydrogen-bond donors (Lipinski definition) is 1. The van der Waals surface area contributed by atoms with E-state index in [0.29, 0.717) is 60.1 Å². The van der Waals surface area contributed by atoms with Crippen molar-refractivity contribution in [1.82, 2.24) is 20.0 Å². The Morgan fingerprint density at radius 3 is 2.40 bits per heavy atom. The zero-order valence-corrected chi connectivity index (χ0v) is 24.5. The van der Waals surface area contributed by atoms with E-state index in [-0.39, 0.29) is 24.6 Å². The molecule has 0 aromatic heterocycles. The van der Waals surface area contributed by atoms with Crippen LogP contribution in [-0.2, 0) is 9.53 Å². The molecular weight excluding hydrogens is 551 g/mol. The van der Waals surface area contributed by atoms with Gasteiger partial charge in [0, 0.05) is 50.5 Å². The summed E-state index contributed by atoms with van der Waals surface area (Å²) >= 11 is 0. The topological polar surface area (TPSA) is 91.4 Å². The highest BCUT2D eigenvalue weighted by molar-refractivity contribution is 5.95. The summed E-state index contributed by atoms with van der Waals surface area (Å²) in [6.07, 6.45) is 0. The number of carbonyl (C=O) groups excluding carboxylic acids is 3. The van der Waals surface area contributed by atoms with E-state index in [2.05, 4.69) is 10.2 Å². The fraction of sp³-hybridized carbons (Fsp3) is 0.303. The molecule has 3 amide bonds. The lowest BCUT2D eigenvalue weighted by atomic mass is 9.94. The Morgan fingerprint density at radius 2 is 1.70 bits per heavy atom. The molecule has 0 bridgehead atoms. The van der Waals surface area contributed by atoms with Crippen molar-refractivity contribution in [2.45, 2.75) is 25.9 Å². The van der Waals surface area contributed by atoms with Gasteiger partial charge in [0.2, 0.25) is 0 Å². The molecule has 0 aliphatic carbocycles. The molecule has 2 atom stereocenters. The number of urea groups is 1. The van der Waals surface area contributed by atoms with E-state index in [1.165, 1.54) is 29.2 Å². The molecule has 2 heterocycles. The first-order chi connectivity index (χ1) is 20.7. The molecular formula is C33H35FN4O5. The molecule has 224 valence electrons. The van der Waals surface area contributed by atoms with Crippen LogP contribution in [0.4, 0.5) is 9.18 Å². The summed E-state index contributed by atoms with van der Waals surface area (Å²) in [5.41, 5.74) is 1.99. The molecule has 2 unspecified atom stereocenters. The number of nitrogens with zero attached hydrogens (tertiary/aromatic N) is 3. The van der Waals surface area contributed by atoms with E-state index in [4.69, 9.17) is 9.47 Å². The molecule has 2 aliphatic heterocycles. The van der Waals surface area contributed by atoms with Gasteiger partial charge in [0.15, 0.2) is 0 Å². The Balaban J connectivity index is 1.41. The Kier molecular flexibility index (Phi) is 9.06. The highest BCUT2D eigenvalue weighted by Crippen LogP contribution is 2.34. The first-order valence-electron chi connectivity index (χ1n) is 14.3. The second-order valence-corrected chi connectivity index (χ2v) is 10.6. The number of benzene rings is 3. The lowest BCUT2D eigenvalue weighted by Crippen LogP contribution is -2.56. The minimum Gasteiger partial charge on any atom is -0.463 e. The summed E-state index contributed by atoms with van der Waals surface area (Å²) < 4.78 is 24.9. The number of carbonyl (C=O) groups is 3. The minimum absolute atomic E-state index is 0.150. The largest absolute Gasteiger partial charge is 0.463 e. The molecule has 2 aliphatic rings. The molecule has 10 heteroatoms. The molecule has 9 nitrogen and oxygen atoms in total. The molecule has 1 saturated heterocycles. The third-order valence-corrected chi connectivity index (χ3v) is 7.68. The first-order valence-corrected chi connectivity index (χ1v) is 14.3. The fourth-order valence-electron chi connectivity index (χ4n) is 5.48. The van der Waals surface area contributed by atoms with Crippen LogP contribution in [0.25, 0.3) is 0 Å². The monoisotopic (exact) mass is 586 g/mol. The number of likely N-dealkylation sites (N-methyl/N-ethyl adjacent to an activating group) is 1. The number of ether oxygens (including phenoxy) is 2. The third-order valence-electron chi connectivity index (χ3n) is 7.68. The first kappa shape index (κ1) is 29.8. The van der Waals surface area contributed by atoms with E-state index in [0.717, 1.165) is 0 Å². The number of rotatable bonds is 8. The number of amides is 3. The number of nitrogens with one attached hydrogen (secondary N) is 1. The molecule has 3 aromatic rings. The summed E-state index contributed by atoms with van der Waals surface area (Å²) in [5.74, 6) is 0.166. The Hall–Kier alpha value is -4.70. The summed E-state index contributed by atoms with van der Waals surface area (Å²) in [6, 6.07) is 20.9. The van der Waals surface area contributed by atoms with Crippen LogP contribution in [0, 0.1) is 5.82 Å². The lowest BCUT2D eigenvalue weighted by Gasteiger charge is -2.42. The van der Waals surface area contributed by atoms with Crippen molar-refractivity contribution >= 4 is 17.9 Å². The van der Waals surface area contributed by atoms with Crippen molar-refractivity contribution in [3.63, 3.8) is 0 Å². The average molecular weight is 587 g/mol. The van der Waals surface area contributed by atoms with Crippen molar-refractivity contribution in [3.05, 3.63) is 107 Å². The van der Waals surface area contributed by atoms with E-state index in [1.807, 2.05) is 61.5 Å². The highest BCUT2D eigenvalue weighted by Gasteiger charge is 2.38. The zero-order valence-electron chi connectivity index (χ0n) is 24.5. The van der Waals surface area contributed by atoms with Gasteiger partial charge in [0.1, 0.15) is 17.3 Å². The Morgan fingerprint density at radius 1 is 0.977 bits per heavy atom. The second-order valence-electron chi connectivity index (χ2n) is 10.6. The third kappa shape index (κ3) is 6.70. The molecule has 0 radical (unpaired) electrons. The molecule has 3 aromatic carbocycles. The summed E-state index contributed by atoms with van der Waals surface area (Å²) in [4.78, 5) is 45.1. The van der Waals surface area contributed by atoms with Crippen molar-refractivity contribution < 1.29 is 28.2 Å². The van der Waals surface area contributed by atoms with Gasteiger partial charge in [0.25, 0.3) is 5.91 Å². The molecule has 0 spiro atoms. The highest BCUT2D eigenvalue weighted by atomic mass is 19.1. The van der Waals surface area contributed by atoms with Gasteiger partial charge in [-0.1, -0.05) is 30.3 Å². The van der Waals surface area contributed by atoms with Crippen LogP contribution in [0.3, 0.4) is 0 Å². The maximum atomic E-state index is 13.5. The maximum Gasteiger partial charge on any atom is 0.338 e. The van der Waals surface area contributed by atoms with Crippen LogP contribution < -0.4 is 10.1 Å². The van der Waals surface area contributed by atoms with Crippen molar-refractivity contribution in [2.75, 3.05) is 39.8 Å². The van der Waals surface area contributed by atoms with E-state index in [9.17, 15) is 18.8 Å². The van der Waals surface area contributed by atoms with Gasteiger partial charge in [-0.15, -0.1) is 0 Å². The quantitative estimate of drug-likeness (QED) is 0.375. The van der Waals surface area contributed by atoms with Crippen LogP contribution in [0.2, 0.25) is 0 Å². The summed E-state index contributed by atoms with van der Waals surface area (Å²) in [6.45, 7) is 5.66. The van der Waals surface area contributed by atoms with E-state index < -0.39 is 17.8 Å². The number of hydrogen-bond acceptors (Lipinski definition) is 6. The smallest absolute Gasteiger partial charge is 0.338 e. The molecule has 43 heavy (non-hydrogen) atoms. The molecule has 1 fully saturated rings. The fourth-order valence-corrected chi connectivity index (χ4v) is 5.48. The molecule has 5 rings (SSSR count). The van der Waals surface area contributed by atoms with Crippen molar-refractivity contribution in [3.8, 4) is 11.5 Å². The number of para-hydroxylation sites is 1. The van der Waals surface area contributed by atoms with Gasteiger partial charge in [-0.05, 0) is 67.9 Å². The second kappa shape index (κ2) is 13.1. The number of esters is 1. The molecule has 1 N–H and O–H groups in total. The van der Waals surface area contributed by atoms with Crippen molar-refractivity contribution in [2.24, 2.45) is 0 Å². The van der Waals surface area contributed by atoms with Crippen LogP contribution >= 0.6 is 0 Å². The van der Waals surface area contributed by atoms with Gasteiger partial charge in [-0.25, -0.2) is 14.0 Å². The van der Waals surface area contributed by atoms with Crippen molar-refractivity contribution in [1.29, 1.82) is 0 Å². The normalized spacial score (nSPS) is 19.2. The van der Waals surface area contributed by atoms with E-state index >= 15 is 0 Å². The molecule has 0 saturated carbocycles. The maximum absolute atomic E-state index is 13.5. The van der Waals surface area contributed by atoms with E-state index in [1.54, 1.807) is 18.9 Å². The van der Waals surface area contributed by atoms with Crippen LogP contribution in [0.1, 0.15) is 35.8 Å². The van der Waals surface area contributed by atoms with Crippen LogP contribution in [0.15, 0.2) is 90.1 Å². The Bertz CT molecular complexity index is 1510. The van der Waals surface area contributed by atoms with Crippen LogP contribution in [-0.4, -0.2) is 78.5 Å². The van der Waals surface area contributed by atoms with Gasteiger partial charge >= 0.3 is 12.0 Å². The number of piperazine rings is 1. The number of halogens is 1. The van der Waals surface area contributed by atoms with Gasteiger partial charge < -0.3 is 19.7 Å². The summed E-state index contributed by atoms with van der Waals surface area (Å²) in [7, 11) is 1.63. The van der Waals surface area contributed by atoms with Gasteiger partial charge in [-0.3, -0.25) is 14.6 Å². The Labute approximate surface area is 250 Å². The lowest BCUT2D eigenvalue weighted by molar-refractivity contribution is -0.139.